The Morgan fingerprint density at radius 1 is 1.21 bits per heavy atom. The molecule has 148 valence electrons. The van der Waals surface area contributed by atoms with Crippen LogP contribution in [0.2, 0.25) is 0 Å². The summed E-state index contributed by atoms with van der Waals surface area (Å²) >= 11 is 0. The first kappa shape index (κ1) is 17.8. The molecule has 1 fully saturated rings. The average Bonchev–Trinajstić information content (AvgIpc) is 3.48. The van der Waals surface area contributed by atoms with Crippen molar-refractivity contribution in [2.45, 2.75) is 37.6 Å². The first-order valence-corrected chi connectivity index (χ1v) is 9.82. The minimum Gasteiger partial charge on any atom is -0.330 e. The number of anilines is 1. The summed E-state index contributed by atoms with van der Waals surface area (Å²) in [5, 5.41) is 9.88. The van der Waals surface area contributed by atoms with Gasteiger partial charge >= 0.3 is 6.03 Å². The van der Waals surface area contributed by atoms with Crippen LogP contribution in [0.25, 0.3) is 11.4 Å². The Labute approximate surface area is 167 Å². The summed E-state index contributed by atoms with van der Waals surface area (Å²) in [5.74, 6) is 0.730. The largest absolute Gasteiger partial charge is 0.330 e. The number of nitrogens with one attached hydrogen (secondary N) is 2. The van der Waals surface area contributed by atoms with Gasteiger partial charge in [-0.05, 0) is 36.6 Å². The molecule has 2 N–H and O–H groups in total. The van der Waals surface area contributed by atoms with E-state index in [-0.39, 0.29) is 23.8 Å². The van der Waals surface area contributed by atoms with Crippen molar-refractivity contribution < 1.29 is 9.18 Å². The maximum absolute atomic E-state index is 14.6. The topological polar surface area (TPSA) is 86.8 Å². The number of H-pyrrole nitrogens is 1. The maximum atomic E-state index is 14.6. The van der Waals surface area contributed by atoms with Crippen LogP contribution in [-0.4, -0.2) is 32.7 Å². The first-order valence-electron chi connectivity index (χ1n) is 9.82. The molecule has 0 atom stereocenters. The van der Waals surface area contributed by atoms with E-state index >= 15 is 0 Å². The van der Waals surface area contributed by atoms with Crippen LogP contribution in [0, 0.1) is 5.82 Å². The molecule has 5 rings (SSSR count). The van der Waals surface area contributed by atoms with Gasteiger partial charge in [-0.25, -0.2) is 14.2 Å². The molecule has 3 aromatic rings. The number of halogens is 1. The molecular formula is C21H21FN6O. The van der Waals surface area contributed by atoms with Gasteiger partial charge in [-0.15, -0.1) is 0 Å². The van der Waals surface area contributed by atoms with Crippen molar-refractivity contribution in [1.82, 2.24) is 25.5 Å². The highest BCUT2D eigenvalue weighted by Crippen LogP contribution is 2.51. The lowest BCUT2D eigenvalue weighted by Gasteiger charge is -2.24. The molecule has 8 heteroatoms. The van der Waals surface area contributed by atoms with Gasteiger partial charge in [-0.2, -0.15) is 5.10 Å². The predicted octanol–water partition coefficient (Wildman–Crippen LogP) is 3.55. The van der Waals surface area contributed by atoms with Crippen molar-refractivity contribution in [3.8, 4) is 11.4 Å². The molecule has 0 unspecified atom stereocenters. The summed E-state index contributed by atoms with van der Waals surface area (Å²) in [7, 11) is 0. The first-order chi connectivity index (χ1) is 14.2. The number of nitrogens with zero attached hydrogens (tertiary/aromatic N) is 4. The molecule has 0 bridgehead atoms. The van der Waals surface area contributed by atoms with E-state index in [0.29, 0.717) is 23.9 Å². The van der Waals surface area contributed by atoms with Crippen LogP contribution in [0.4, 0.5) is 14.9 Å². The molecule has 2 amide bonds. The highest BCUT2D eigenvalue weighted by Gasteiger charge is 2.47. The fourth-order valence-electron chi connectivity index (χ4n) is 4.60. The summed E-state index contributed by atoms with van der Waals surface area (Å²) in [6.45, 7) is 0.706. The standard InChI is InChI=1S/C21H21FN6O/c22-16-5-3-4-15-18(16)28(13-21(15)8-1-2-9-21)20(29)24-12-17-25-19(27-26-17)14-6-10-23-11-7-14/h3-7,10-11H,1-2,8-9,12-13H2,(H,24,29)(H,25,26,27). The van der Waals surface area contributed by atoms with Gasteiger partial charge in [0.2, 0.25) is 0 Å². The van der Waals surface area contributed by atoms with E-state index in [9.17, 15) is 9.18 Å². The molecule has 0 radical (unpaired) electrons. The molecule has 1 aliphatic heterocycles. The van der Waals surface area contributed by atoms with Gasteiger partial charge < -0.3 is 5.32 Å². The Balaban J connectivity index is 1.33. The number of para-hydroxylation sites is 1. The van der Waals surface area contributed by atoms with Crippen molar-refractivity contribution >= 4 is 11.7 Å². The van der Waals surface area contributed by atoms with E-state index in [4.69, 9.17) is 0 Å². The monoisotopic (exact) mass is 392 g/mol. The maximum Gasteiger partial charge on any atom is 0.322 e. The molecule has 3 heterocycles. The second kappa shape index (κ2) is 6.95. The molecule has 1 aromatic carbocycles. The van der Waals surface area contributed by atoms with Crippen LogP contribution in [0.3, 0.4) is 0 Å². The summed E-state index contributed by atoms with van der Waals surface area (Å²) < 4.78 is 14.6. The second-order valence-electron chi connectivity index (χ2n) is 7.71. The van der Waals surface area contributed by atoms with E-state index in [1.54, 1.807) is 23.4 Å². The highest BCUT2D eigenvalue weighted by molar-refractivity contribution is 5.95. The number of carbonyl (C=O) groups excluding carboxylic acids is 1. The van der Waals surface area contributed by atoms with Crippen LogP contribution in [0.15, 0.2) is 42.7 Å². The third-order valence-electron chi connectivity index (χ3n) is 5.97. The van der Waals surface area contributed by atoms with E-state index in [2.05, 4.69) is 25.5 Å². The number of hydrogen-bond acceptors (Lipinski definition) is 4. The van der Waals surface area contributed by atoms with Gasteiger partial charge in [0.15, 0.2) is 5.82 Å². The van der Waals surface area contributed by atoms with Gasteiger partial charge in [0, 0.05) is 29.9 Å². The molecule has 1 saturated carbocycles. The Bertz CT molecular complexity index is 1040. The van der Waals surface area contributed by atoms with Crippen molar-refractivity contribution in [3.63, 3.8) is 0 Å². The lowest BCUT2D eigenvalue weighted by Crippen LogP contribution is -2.42. The molecule has 1 aliphatic carbocycles. The number of carbonyl (C=O) groups is 1. The van der Waals surface area contributed by atoms with Crippen LogP contribution in [0.1, 0.15) is 37.1 Å². The number of rotatable bonds is 3. The van der Waals surface area contributed by atoms with Gasteiger partial charge in [0.1, 0.15) is 11.6 Å². The number of fused-ring (bicyclic) bond motifs is 2. The van der Waals surface area contributed by atoms with Crippen molar-refractivity contribution in [3.05, 3.63) is 59.9 Å². The fourth-order valence-corrected chi connectivity index (χ4v) is 4.60. The minimum absolute atomic E-state index is 0.116. The fraction of sp³-hybridized carbons (Fsp3) is 0.333. The third kappa shape index (κ3) is 3.04. The van der Waals surface area contributed by atoms with Crippen LogP contribution >= 0.6 is 0 Å². The summed E-state index contributed by atoms with van der Waals surface area (Å²) in [6.07, 6.45) is 7.55. The van der Waals surface area contributed by atoms with Crippen LogP contribution < -0.4 is 10.2 Å². The third-order valence-corrected chi connectivity index (χ3v) is 5.97. The van der Waals surface area contributed by atoms with Crippen molar-refractivity contribution in [1.29, 1.82) is 0 Å². The number of urea groups is 1. The lowest BCUT2D eigenvalue weighted by atomic mass is 9.81. The van der Waals surface area contributed by atoms with Gasteiger partial charge in [-0.3, -0.25) is 15.0 Å². The molecule has 2 aliphatic rings. The van der Waals surface area contributed by atoms with E-state index in [1.165, 1.54) is 6.07 Å². The Morgan fingerprint density at radius 2 is 2.00 bits per heavy atom. The van der Waals surface area contributed by atoms with Crippen LogP contribution in [-0.2, 0) is 12.0 Å². The van der Waals surface area contributed by atoms with Gasteiger partial charge in [-0.1, -0.05) is 25.0 Å². The Kier molecular flexibility index (Phi) is 4.26. The number of hydrogen-bond donors (Lipinski definition) is 2. The van der Waals surface area contributed by atoms with E-state index in [1.807, 2.05) is 18.2 Å². The number of aromatic amines is 1. The van der Waals surface area contributed by atoms with Gasteiger partial charge in [0.25, 0.3) is 0 Å². The zero-order chi connectivity index (χ0) is 19.8. The summed E-state index contributed by atoms with van der Waals surface area (Å²) in [5.41, 5.74) is 2.11. The zero-order valence-electron chi connectivity index (χ0n) is 15.9. The number of benzene rings is 1. The Morgan fingerprint density at radius 3 is 2.79 bits per heavy atom. The molecule has 2 aromatic heterocycles. The average molecular weight is 392 g/mol. The summed E-state index contributed by atoms with van der Waals surface area (Å²) in [6, 6.07) is 8.44. The smallest absolute Gasteiger partial charge is 0.322 e. The van der Waals surface area contributed by atoms with E-state index < -0.39 is 0 Å². The Hall–Kier alpha value is -3.29. The lowest BCUT2D eigenvalue weighted by molar-refractivity contribution is 0.244. The number of amides is 2. The van der Waals surface area contributed by atoms with Crippen molar-refractivity contribution in [2.75, 3.05) is 11.4 Å². The van der Waals surface area contributed by atoms with Crippen LogP contribution in [0.5, 0.6) is 0 Å². The van der Waals surface area contributed by atoms with Gasteiger partial charge in [0.05, 0.1) is 12.2 Å². The zero-order valence-corrected chi connectivity index (χ0v) is 15.9. The molecule has 0 saturated heterocycles. The molecular weight excluding hydrogens is 371 g/mol. The predicted molar refractivity (Wildman–Crippen MR) is 106 cm³/mol. The molecule has 29 heavy (non-hydrogen) atoms. The minimum atomic E-state index is -0.346. The summed E-state index contributed by atoms with van der Waals surface area (Å²) in [4.78, 5) is 22.9. The number of pyridine rings is 1. The quantitative estimate of drug-likeness (QED) is 0.714. The molecule has 1 spiro atoms. The van der Waals surface area contributed by atoms with Crippen molar-refractivity contribution in [2.24, 2.45) is 0 Å². The second-order valence-corrected chi connectivity index (χ2v) is 7.71. The SMILES string of the molecule is O=C(NCc1nc(-c2ccncc2)n[nH]1)N1CC2(CCCC2)c2cccc(F)c21. The normalized spacial score (nSPS) is 16.9. The highest BCUT2D eigenvalue weighted by atomic mass is 19.1. The number of aromatic nitrogens is 4. The van der Waals surface area contributed by atoms with E-state index in [0.717, 1.165) is 36.8 Å². The molecule has 7 nitrogen and oxygen atoms in total.